The van der Waals surface area contributed by atoms with Crippen LogP contribution in [0.4, 0.5) is 5.13 Å². The molecule has 3 rings (SSSR count). The van der Waals surface area contributed by atoms with E-state index in [9.17, 15) is 4.79 Å². The van der Waals surface area contributed by atoms with E-state index in [1.165, 1.54) is 33.0 Å². The SMILES string of the molecule is Cc1cc(=O)n2nc(NC(C)c3ccccc3C)sc2n1. The molecule has 0 fully saturated rings. The van der Waals surface area contributed by atoms with Gasteiger partial charge in [0.2, 0.25) is 10.1 Å². The highest BCUT2D eigenvalue weighted by atomic mass is 32.1. The number of hydrogen-bond acceptors (Lipinski definition) is 5. The van der Waals surface area contributed by atoms with Crippen molar-refractivity contribution in [1.82, 2.24) is 14.6 Å². The Morgan fingerprint density at radius 1 is 1.29 bits per heavy atom. The molecule has 0 amide bonds. The van der Waals surface area contributed by atoms with Crippen molar-refractivity contribution in [2.45, 2.75) is 26.8 Å². The van der Waals surface area contributed by atoms with Crippen LogP contribution >= 0.6 is 11.3 Å². The van der Waals surface area contributed by atoms with Crippen LogP contribution in [0, 0.1) is 13.8 Å². The second-order valence-corrected chi connectivity index (χ2v) is 6.02. The van der Waals surface area contributed by atoms with Crippen LogP contribution in [0.15, 0.2) is 35.1 Å². The summed E-state index contributed by atoms with van der Waals surface area (Å²) >= 11 is 1.38. The molecule has 0 aliphatic carbocycles. The summed E-state index contributed by atoms with van der Waals surface area (Å²) in [6.45, 7) is 5.97. The smallest absolute Gasteiger partial charge is 0.275 e. The van der Waals surface area contributed by atoms with Crippen LogP contribution in [-0.2, 0) is 0 Å². The molecule has 3 aromatic rings. The highest BCUT2D eigenvalue weighted by molar-refractivity contribution is 7.20. The third-order valence-electron chi connectivity index (χ3n) is 3.37. The summed E-state index contributed by atoms with van der Waals surface area (Å²) in [5.74, 6) is 0. The number of anilines is 1. The molecule has 1 aromatic carbocycles. The molecule has 1 unspecified atom stereocenters. The number of fused-ring (bicyclic) bond motifs is 1. The Bertz CT molecular complexity index is 852. The van der Waals surface area contributed by atoms with E-state index in [1.54, 1.807) is 0 Å². The number of aromatic nitrogens is 3. The fourth-order valence-corrected chi connectivity index (χ4v) is 3.25. The molecular weight excluding hydrogens is 284 g/mol. The first kappa shape index (κ1) is 13.8. The third-order valence-corrected chi connectivity index (χ3v) is 4.21. The van der Waals surface area contributed by atoms with Gasteiger partial charge in [0.05, 0.1) is 6.04 Å². The molecule has 0 saturated heterocycles. The fourth-order valence-electron chi connectivity index (χ4n) is 2.31. The largest absolute Gasteiger partial charge is 0.354 e. The van der Waals surface area contributed by atoms with Crippen LogP contribution in [0.5, 0.6) is 0 Å². The van der Waals surface area contributed by atoms with Gasteiger partial charge in [-0.25, -0.2) is 4.98 Å². The summed E-state index contributed by atoms with van der Waals surface area (Å²) in [5, 5.41) is 8.34. The lowest BCUT2D eigenvalue weighted by molar-refractivity contribution is 0.840. The summed E-state index contributed by atoms with van der Waals surface area (Å²) in [6, 6.07) is 9.82. The zero-order valence-corrected chi connectivity index (χ0v) is 12.9. The van der Waals surface area contributed by atoms with Crippen molar-refractivity contribution in [3.8, 4) is 0 Å². The molecule has 2 heterocycles. The molecule has 6 heteroatoms. The zero-order valence-electron chi connectivity index (χ0n) is 12.1. The van der Waals surface area contributed by atoms with Gasteiger partial charge in [0.25, 0.3) is 5.56 Å². The standard InChI is InChI=1S/C15H16N4OS/c1-9-6-4-5-7-12(9)11(3)17-14-18-19-13(20)8-10(2)16-15(19)21-14/h4-8,11H,1-3H3,(H,17,18). The fraction of sp³-hybridized carbons (Fsp3) is 0.267. The van der Waals surface area contributed by atoms with Crippen molar-refractivity contribution in [3.63, 3.8) is 0 Å². The molecule has 0 spiro atoms. The molecule has 21 heavy (non-hydrogen) atoms. The monoisotopic (exact) mass is 300 g/mol. The number of benzene rings is 1. The Labute approximate surface area is 126 Å². The number of aryl methyl sites for hydroxylation is 2. The van der Waals surface area contributed by atoms with Crippen LogP contribution in [0.1, 0.15) is 29.8 Å². The van der Waals surface area contributed by atoms with E-state index >= 15 is 0 Å². The van der Waals surface area contributed by atoms with E-state index in [0.717, 1.165) is 0 Å². The molecule has 2 aromatic heterocycles. The quantitative estimate of drug-likeness (QED) is 0.808. The Morgan fingerprint density at radius 3 is 2.81 bits per heavy atom. The summed E-state index contributed by atoms with van der Waals surface area (Å²) < 4.78 is 1.34. The topological polar surface area (TPSA) is 59.3 Å². The molecule has 108 valence electrons. The Morgan fingerprint density at radius 2 is 2.05 bits per heavy atom. The highest BCUT2D eigenvalue weighted by Gasteiger charge is 2.12. The first-order valence-electron chi connectivity index (χ1n) is 6.74. The van der Waals surface area contributed by atoms with Gasteiger partial charge in [-0.1, -0.05) is 35.6 Å². The van der Waals surface area contributed by atoms with E-state index in [4.69, 9.17) is 0 Å². The van der Waals surface area contributed by atoms with Crippen molar-refractivity contribution < 1.29 is 0 Å². The Kier molecular flexibility index (Phi) is 3.47. The minimum absolute atomic E-state index is 0.114. The average molecular weight is 300 g/mol. The predicted octanol–water partition coefficient (Wildman–Crippen LogP) is 2.94. The number of hydrogen-bond donors (Lipinski definition) is 1. The maximum Gasteiger partial charge on any atom is 0.275 e. The minimum atomic E-state index is -0.148. The molecule has 0 radical (unpaired) electrons. The van der Waals surface area contributed by atoms with Crippen molar-refractivity contribution in [2.75, 3.05) is 5.32 Å². The summed E-state index contributed by atoms with van der Waals surface area (Å²) in [4.78, 5) is 16.8. The average Bonchev–Trinajstić information content (AvgIpc) is 2.81. The van der Waals surface area contributed by atoms with Gasteiger partial charge in [0.1, 0.15) is 0 Å². The number of nitrogens with zero attached hydrogens (tertiary/aromatic N) is 3. The van der Waals surface area contributed by atoms with Gasteiger partial charge in [-0.3, -0.25) is 4.79 Å². The van der Waals surface area contributed by atoms with Gasteiger partial charge in [0.15, 0.2) is 0 Å². The highest BCUT2D eigenvalue weighted by Crippen LogP contribution is 2.24. The molecule has 0 bridgehead atoms. The van der Waals surface area contributed by atoms with Crippen molar-refractivity contribution >= 4 is 21.4 Å². The predicted molar refractivity (Wildman–Crippen MR) is 85.1 cm³/mol. The van der Waals surface area contributed by atoms with E-state index in [1.807, 2.05) is 19.1 Å². The van der Waals surface area contributed by atoms with Crippen molar-refractivity contribution in [2.24, 2.45) is 0 Å². The van der Waals surface area contributed by atoms with Crippen molar-refractivity contribution in [3.05, 3.63) is 57.5 Å². The first-order valence-corrected chi connectivity index (χ1v) is 7.56. The molecule has 5 nitrogen and oxygen atoms in total. The van der Waals surface area contributed by atoms with Crippen LogP contribution in [0.3, 0.4) is 0 Å². The summed E-state index contributed by atoms with van der Waals surface area (Å²) in [5.41, 5.74) is 3.01. The van der Waals surface area contributed by atoms with E-state index in [2.05, 4.69) is 41.4 Å². The molecule has 0 aliphatic heterocycles. The second kappa shape index (κ2) is 5.29. The molecule has 1 atom stereocenters. The lowest BCUT2D eigenvalue weighted by Crippen LogP contribution is -2.15. The zero-order chi connectivity index (χ0) is 15.0. The Balaban J connectivity index is 1.93. The van der Waals surface area contributed by atoms with E-state index < -0.39 is 0 Å². The van der Waals surface area contributed by atoms with Gasteiger partial charge >= 0.3 is 0 Å². The first-order chi connectivity index (χ1) is 10.0. The van der Waals surface area contributed by atoms with E-state index in [0.29, 0.717) is 15.8 Å². The molecule has 1 N–H and O–H groups in total. The number of nitrogens with one attached hydrogen (secondary N) is 1. The van der Waals surface area contributed by atoms with Crippen LogP contribution < -0.4 is 10.9 Å². The van der Waals surface area contributed by atoms with Crippen LogP contribution in [-0.4, -0.2) is 14.6 Å². The molecular formula is C15H16N4OS. The molecule has 0 aliphatic rings. The van der Waals surface area contributed by atoms with E-state index in [-0.39, 0.29) is 11.6 Å². The summed E-state index contributed by atoms with van der Waals surface area (Å²) in [7, 11) is 0. The van der Waals surface area contributed by atoms with Crippen molar-refractivity contribution in [1.29, 1.82) is 0 Å². The van der Waals surface area contributed by atoms with Gasteiger partial charge in [-0.05, 0) is 31.9 Å². The third kappa shape index (κ3) is 2.67. The van der Waals surface area contributed by atoms with Crippen LogP contribution in [0.2, 0.25) is 0 Å². The molecule has 0 saturated carbocycles. The maximum absolute atomic E-state index is 11.9. The van der Waals surface area contributed by atoms with Gasteiger partial charge in [0, 0.05) is 11.8 Å². The summed E-state index contributed by atoms with van der Waals surface area (Å²) in [6.07, 6.45) is 0. The lowest BCUT2D eigenvalue weighted by Gasteiger charge is -2.15. The Hall–Kier alpha value is -2.21. The second-order valence-electron chi connectivity index (χ2n) is 5.06. The lowest BCUT2D eigenvalue weighted by atomic mass is 10.0. The van der Waals surface area contributed by atoms with Crippen LogP contribution in [0.25, 0.3) is 4.96 Å². The number of rotatable bonds is 3. The normalized spacial score (nSPS) is 12.5. The van der Waals surface area contributed by atoms with Gasteiger partial charge in [-0.2, -0.15) is 4.52 Å². The van der Waals surface area contributed by atoms with Gasteiger partial charge in [-0.15, -0.1) is 5.10 Å². The minimum Gasteiger partial charge on any atom is -0.354 e. The van der Waals surface area contributed by atoms with Gasteiger partial charge < -0.3 is 5.32 Å². The maximum atomic E-state index is 11.9.